The number of carboxylic acid groups (broad SMARTS) is 1. The standard InChI is InChI=1S/C14H26N2O3/c1-5-11(4)15-8-12(17)16-7-6-14(9-16,10(2)3)13(18)19/h10-11,15H,5-9H2,1-4H3,(H,18,19). The lowest BCUT2D eigenvalue weighted by molar-refractivity contribution is -0.151. The summed E-state index contributed by atoms with van der Waals surface area (Å²) in [7, 11) is 0. The second-order valence-electron chi connectivity index (χ2n) is 5.87. The Labute approximate surface area is 115 Å². The maximum atomic E-state index is 12.1. The highest BCUT2D eigenvalue weighted by atomic mass is 16.4. The SMILES string of the molecule is CCC(C)NCC(=O)N1CCC(C(=O)O)(C(C)C)C1. The molecule has 1 aliphatic heterocycles. The van der Waals surface area contributed by atoms with Gasteiger partial charge in [-0.25, -0.2) is 0 Å². The van der Waals surface area contributed by atoms with Crippen molar-refractivity contribution in [1.82, 2.24) is 10.2 Å². The van der Waals surface area contributed by atoms with Gasteiger partial charge in [0, 0.05) is 19.1 Å². The summed E-state index contributed by atoms with van der Waals surface area (Å²) in [6, 6.07) is 0.306. The lowest BCUT2D eigenvalue weighted by Crippen LogP contribution is -2.43. The lowest BCUT2D eigenvalue weighted by atomic mass is 9.76. The Morgan fingerprint density at radius 3 is 2.42 bits per heavy atom. The van der Waals surface area contributed by atoms with Crippen LogP contribution in [-0.4, -0.2) is 47.6 Å². The number of carbonyl (C=O) groups is 2. The third-order valence-corrected chi connectivity index (χ3v) is 4.40. The van der Waals surface area contributed by atoms with E-state index in [2.05, 4.69) is 12.2 Å². The Morgan fingerprint density at radius 2 is 2.00 bits per heavy atom. The van der Waals surface area contributed by atoms with Gasteiger partial charge in [-0.15, -0.1) is 0 Å². The van der Waals surface area contributed by atoms with Gasteiger partial charge in [-0.3, -0.25) is 9.59 Å². The van der Waals surface area contributed by atoms with Gasteiger partial charge >= 0.3 is 5.97 Å². The van der Waals surface area contributed by atoms with Crippen LogP contribution in [0.2, 0.25) is 0 Å². The molecule has 0 aliphatic carbocycles. The highest BCUT2D eigenvalue weighted by molar-refractivity contribution is 5.82. The van der Waals surface area contributed by atoms with E-state index in [9.17, 15) is 14.7 Å². The largest absolute Gasteiger partial charge is 0.481 e. The van der Waals surface area contributed by atoms with Crippen LogP contribution >= 0.6 is 0 Å². The number of nitrogens with zero attached hydrogens (tertiary/aromatic N) is 1. The number of likely N-dealkylation sites (tertiary alicyclic amines) is 1. The van der Waals surface area contributed by atoms with Gasteiger partial charge in [0.2, 0.25) is 5.91 Å². The highest BCUT2D eigenvalue weighted by Gasteiger charge is 2.48. The number of hydrogen-bond acceptors (Lipinski definition) is 3. The van der Waals surface area contributed by atoms with Crippen molar-refractivity contribution >= 4 is 11.9 Å². The molecule has 0 spiro atoms. The van der Waals surface area contributed by atoms with Crippen molar-refractivity contribution in [2.24, 2.45) is 11.3 Å². The molecule has 0 aromatic rings. The smallest absolute Gasteiger partial charge is 0.311 e. The predicted octanol–water partition coefficient (Wildman–Crippen LogP) is 1.33. The van der Waals surface area contributed by atoms with Crippen molar-refractivity contribution < 1.29 is 14.7 Å². The van der Waals surface area contributed by atoms with Crippen molar-refractivity contribution in [2.75, 3.05) is 19.6 Å². The van der Waals surface area contributed by atoms with Gasteiger partial charge in [-0.1, -0.05) is 20.8 Å². The molecule has 0 aromatic carbocycles. The van der Waals surface area contributed by atoms with Crippen LogP contribution in [0.15, 0.2) is 0 Å². The summed E-state index contributed by atoms with van der Waals surface area (Å²) in [6.07, 6.45) is 1.52. The Balaban J connectivity index is 2.59. The number of aliphatic carboxylic acids is 1. The topological polar surface area (TPSA) is 69.6 Å². The molecule has 19 heavy (non-hydrogen) atoms. The summed E-state index contributed by atoms with van der Waals surface area (Å²) in [4.78, 5) is 25.2. The van der Waals surface area contributed by atoms with E-state index in [1.54, 1.807) is 4.90 Å². The minimum atomic E-state index is -0.785. The van der Waals surface area contributed by atoms with Gasteiger partial charge in [0.25, 0.3) is 0 Å². The summed E-state index contributed by atoms with van der Waals surface area (Å²) >= 11 is 0. The first-order chi connectivity index (χ1) is 8.83. The van der Waals surface area contributed by atoms with Crippen LogP contribution in [0.3, 0.4) is 0 Å². The molecule has 2 unspecified atom stereocenters. The van der Waals surface area contributed by atoms with Gasteiger partial charge in [-0.2, -0.15) is 0 Å². The van der Waals surface area contributed by atoms with E-state index in [4.69, 9.17) is 0 Å². The van der Waals surface area contributed by atoms with Gasteiger partial charge in [0.05, 0.1) is 12.0 Å². The van der Waals surface area contributed by atoms with E-state index in [0.29, 0.717) is 32.1 Å². The van der Waals surface area contributed by atoms with Gasteiger partial charge in [-0.05, 0) is 25.7 Å². The Kier molecular flexibility index (Phi) is 5.35. The number of nitrogens with one attached hydrogen (secondary N) is 1. The molecular formula is C14H26N2O3. The zero-order valence-electron chi connectivity index (χ0n) is 12.4. The highest BCUT2D eigenvalue weighted by Crippen LogP contribution is 2.38. The van der Waals surface area contributed by atoms with Crippen LogP contribution in [0.1, 0.15) is 40.5 Å². The van der Waals surface area contributed by atoms with Crippen LogP contribution in [0.4, 0.5) is 0 Å². The summed E-state index contributed by atoms with van der Waals surface area (Å²) in [5.74, 6) is -0.748. The van der Waals surface area contributed by atoms with Crippen LogP contribution in [-0.2, 0) is 9.59 Å². The molecule has 1 aliphatic rings. The molecule has 1 amide bonds. The number of hydrogen-bond donors (Lipinski definition) is 2. The molecule has 1 rings (SSSR count). The van der Waals surface area contributed by atoms with Crippen LogP contribution in [0.25, 0.3) is 0 Å². The molecule has 1 heterocycles. The fourth-order valence-corrected chi connectivity index (χ4v) is 2.46. The van der Waals surface area contributed by atoms with Crippen LogP contribution in [0, 0.1) is 11.3 Å². The Bertz CT molecular complexity index is 344. The van der Waals surface area contributed by atoms with E-state index in [1.807, 2.05) is 20.8 Å². The van der Waals surface area contributed by atoms with E-state index in [-0.39, 0.29) is 11.8 Å². The van der Waals surface area contributed by atoms with Gasteiger partial charge in [0.15, 0.2) is 0 Å². The molecule has 5 nitrogen and oxygen atoms in total. The average molecular weight is 270 g/mol. The number of amides is 1. The first kappa shape index (κ1) is 16.0. The summed E-state index contributed by atoms with van der Waals surface area (Å²) in [5, 5.41) is 12.6. The molecule has 1 fully saturated rings. The fourth-order valence-electron chi connectivity index (χ4n) is 2.46. The quantitative estimate of drug-likeness (QED) is 0.764. The summed E-state index contributed by atoms with van der Waals surface area (Å²) < 4.78 is 0. The maximum absolute atomic E-state index is 12.1. The fraction of sp³-hybridized carbons (Fsp3) is 0.857. The van der Waals surface area contributed by atoms with Crippen molar-refractivity contribution in [2.45, 2.75) is 46.6 Å². The molecule has 110 valence electrons. The van der Waals surface area contributed by atoms with Crippen molar-refractivity contribution in [3.63, 3.8) is 0 Å². The molecule has 0 radical (unpaired) electrons. The van der Waals surface area contributed by atoms with Gasteiger partial charge in [0.1, 0.15) is 0 Å². The van der Waals surface area contributed by atoms with Crippen LogP contribution in [0.5, 0.6) is 0 Å². The molecule has 1 saturated heterocycles. The second-order valence-corrected chi connectivity index (χ2v) is 5.87. The molecule has 0 saturated carbocycles. The molecular weight excluding hydrogens is 244 g/mol. The lowest BCUT2D eigenvalue weighted by Gasteiger charge is -2.28. The summed E-state index contributed by atoms with van der Waals surface area (Å²) in [6.45, 7) is 9.10. The normalized spacial score (nSPS) is 24.8. The number of rotatable bonds is 6. The average Bonchev–Trinajstić information content (AvgIpc) is 2.81. The van der Waals surface area contributed by atoms with Crippen molar-refractivity contribution in [1.29, 1.82) is 0 Å². The predicted molar refractivity (Wildman–Crippen MR) is 73.9 cm³/mol. The molecule has 5 heteroatoms. The monoisotopic (exact) mass is 270 g/mol. The van der Waals surface area contributed by atoms with Crippen molar-refractivity contribution in [3.05, 3.63) is 0 Å². The van der Waals surface area contributed by atoms with Crippen molar-refractivity contribution in [3.8, 4) is 0 Å². The minimum absolute atomic E-state index is 0.00377. The molecule has 2 atom stereocenters. The zero-order chi connectivity index (χ0) is 14.6. The molecule has 2 N–H and O–H groups in total. The van der Waals surface area contributed by atoms with Crippen LogP contribution < -0.4 is 5.32 Å². The Hall–Kier alpha value is -1.10. The van der Waals surface area contributed by atoms with E-state index in [1.165, 1.54) is 0 Å². The molecule has 0 bridgehead atoms. The van der Waals surface area contributed by atoms with E-state index in [0.717, 1.165) is 6.42 Å². The third kappa shape index (κ3) is 3.47. The maximum Gasteiger partial charge on any atom is 0.311 e. The van der Waals surface area contributed by atoms with E-state index < -0.39 is 11.4 Å². The third-order valence-electron chi connectivity index (χ3n) is 4.40. The second kappa shape index (κ2) is 6.37. The number of carboxylic acids is 1. The molecule has 0 aromatic heterocycles. The van der Waals surface area contributed by atoms with Gasteiger partial charge < -0.3 is 15.3 Å². The number of carbonyl (C=O) groups excluding carboxylic acids is 1. The summed E-state index contributed by atoms with van der Waals surface area (Å²) in [5.41, 5.74) is -0.772. The first-order valence-electron chi connectivity index (χ1n) is 7.08. The zero-order valence-corrected chi connectivity index (χ0v) is 12.4. The minimum Gasteiger partial charge on any atom is -0.481 e. The van der Waals surface area contributed by atoms with E-state index >= 15 is 0 Å². The Morgan fingerprint density at radius 1 is 1.37 bits per heavy atom. The first-order valence-corrected chi connectivity index (χ1v) is 7.08.